The summed E-state index contributed by atoms with van der Waals surface area (Å²) in [6.07, 6.45) is -0.616. The van der Waals surface area contributed by atoms with Crippen LogP contribution in [-0.2, 0) is 4.74 Å². The number of thiazole rings is 1. The van der Waals surface area contributed by atoms with Crippen LogP contribution < -0.4 is 10.6 Å². The van der Waals surface area contributed by atoms with Crippen molar-refractivity contribution >= 4 is 45.1 Å². The highest BCUT2D eigenvalue weighted by Gasteiger charge is 2.18. The number of methoxy groups -OCH3 is 1. The Morgan fingerprint density at radius 2 is 1.73 bits per heavy atom. The average Bonchev–Trinajstić information content (AvgIpc) is 3.04. The van der Waals surface area contributed by atoms with E-state index in [-0.39, 0.29) is 5.91 Å². The Balaban J connectivity index is 1.92. The first-order chi connectivity index (χ1) is 12.6. The summed E-state index contributed by atoms with van der Waals surface area (Å²) in [5.41, 5.74) is 1.68. The number of nitrogens with one attached hydrogen (secondary N) is 2. The summed E-state index contributed by atoms with van der Waals surface area (Å²) in [5, 5.41) is 6.48. The van der Waals surface area contributed by atoms with Crippen LogP contribution in [0.2, 0.25) is 5.02 Å². The molecule has 0 aliphatic carbocycles. The fourth-order valence-corrected chi connectivity index (χ4v) is 3.29. The summed E-state index contributed by atoms with van der Waals surface area (Å²) in [5.74, 6) is -0.381. The molecule has 0 radical (unpaired) electrons. The third-order valence-corrected chi connectivity index (χ3v) is 4.63. The number of amides is 2. The summed E-state index contributed by atoms with van der Waals surface area (Å²) >= 11 is 7.18. The van der Waals surface area contributed by atoms with Crippen LogP contribution in [0.5, 0.6) is 0 Å². The van der Waals surface area contributed by atoms with Gasteiger partial charge in [-0.3, -0.25) is 15.4 Å². The van der Waals surface area contributed by atoms with Gasteiger partial charge in [0.2, 0.25) is 0 Å². The number of benzene rings is 2. The fraction of sp³-hybridized carbons (Fsp3) is 0.0556. The van der Waals surface area contributed by atoms with Crippen molar-refractivity contribution in [2.75, 3.05) is 17.7 Å². The van der Waals surface area contributed by atoms with E-state index in [0.717, 1.165) is 16.9 Å². The third-order valence-electron chi connectivity index (χ3n) is 3.41. The van der Waals surface area contributed by atoms with Crippen molar-refractivity contribution in [3.05, 3.63) is 65.2 Å². The van der Waals surface area contributed by atoms with Gasteiger partial charge in [-0.1, -0.05) is 65.4 Å². The van der Waals surface area contributed by atoms with Crippen LogP contribution in [0.15, 0.2) is 54.6 Å². The molecule has 26 heavy (non-hydrogen) atoms. The summed E-state index contributed by atoms with van der Waals surface area (Å²) in [6, 6.07) is 16.0. The molecule has 2 N–H and O–H groups in total. The Bertz CT molecular complexity index is 944. The molecule has 0 aliphatic heterocycles. The van der Waals surface area contributed by atoms with Gasteiger partial charge < -0.3 is 4.74 Å². The highest BCUT2D eigenvalue weighted by molar-refractivity contribution is 7.20. The largest absolute Gasteiger partial charge is 0.453 e. The van der Waals surface area contributed by atoms with E-state index < -0.39 is 6.09 Å². The van der Waals surface area contributed by atoms with E-state index >= 15 is 0 Å². The molecule has 0 saturated heterocycles. The van der Waals surface area contributed by atoms with Gasteiger partial charge in [0.15, 0.2) is 5.13 Å². The van der Waals surface area contributed by atoms with Crippen LogP contribution in [-0.4, -0.2) is 24.1 Å². The summed E-state index contributed by atoms with van der Waals surface area (Å²) in [4.78, 5) is 28.5. The standard InChI is InChI=1S/C18H14ClN3O3S/c1-25-18(24)22-16-14(11-7-3-2-4-8-11)20-17(26-16)21-15(23)12-9-5-6-10-13(12)19/h2-10H,1H3,(H,22,24)(H,20,21,23). The van der Waals surface area contributed by atoms with Gasteiger partial charge >= 0.3 is 6.09 Å². The molecular formula is C18H14ClN3O3S. The number of halogens is 1. The van der Waals surface area contributed by atoms with Crippen LogP contribution in [0.1, 0.15) is 10.4 Å². The number of nitrogens with zero attached hydrogens (tertiary/aromatic N) is 1. The first-order valence-corrected chi connectivity index (χ1v) is 8.75. The Labute approximate surface area is 158 Å². The maximum atomic E-state index is 12.4. The van der Waals surface area contributed by atoms with Gasteiger partial charge in [0.1, 0.15) is 10.7 Å². The van der Waals surface area contributed by atoms with Crippen LogP contribution in [0.25, 0.3) is 11.3 Å². The zero-order valence-corrected chi connectivity index (χ0v) is 15.2. The highest BCUT2D eigenvalue weighted by Crippen LogP contribution is 2.36. The lowest BCUT2D eigenvalue weighted by molar-refractivity contribution is 0.102. The van der Waals surface area contributed by atoms with Gasteiger partial charge in [-0.15, -0.1) is 0 Å². The zero-order chi connectivity index (χ0) is 18.5. The van der Waals surface area contributed by atoms with Gasteiger partial charge in [-0.05, 0) is 12.1 Å². The quantitative estimate of drug-likeness (QED) is 0.667. The van der Waals surface area contributed by atoms with Gasteiger partial charge in [0, 0.05) is 5.56 Å². The van der Waals surface area contributed by atoms with E-state index in [0.29, 0.717) is 26.4 Å². The number of hydrogen-bond donors (Lipinski definition) is 2. The van der Waals surface area contributed by atoms with Crippen molar-refractivity contribution in [3.63, 3.8) is 0 Å². The molecular weight excluding hydrogens is 374 g/mol. The number of ether oxygens (including phenoxy) is 1. The second kappa shape index (κ2) is 7.99. The number of rotatable bonds is 4. The lowest BCUT2D eigenvalue weighted by Crippen LogP contribution is -2.12. The second-order valence-corrected chi connectivity index (χ2v) is 6.52. The molecule has 2 amide bonds. The Morgan fingerprint density at radius 3 is 2.42 bits per heavy atom. The third kappa shape index (κ3) is 4.01. The topological polar surface area (TPSA) is 80.3 Å². The van der Waals surface area contributed by atoms with Crippen LogP contribution in [0.4, 0.5) is 14.9 Å². The van der Waals surface area contributed by atoms with Crippen molar-refractivity contribution in [2.24, 2.45) is 0 Å². The summed E-state index contributed by atoms with van der Waals surface area (Å²) in [7, 11) is 1.28. The molecule has 0 saturated carbocycles. The second-order valence-electron chi connectivity index (χ2n) is 5.11. The molecule has 0 spiro atoms. The predicted octanol–water partition coefficient (Wildman–Crippen LogP) is 4.89. The highest BCUT2D eigenvalue weighted by atomic mass is 35.5. The maximum Gasteiger partial charge on any atom is 0.412 e. The van der Waals surface area contributed by atoms with Gasteiger partial charge in [-0.25, -0.2) is 9.78 Å². The maximum absolute atomic E-state index is 12.4. The number of anilines is 2. The van der Waals surface area contributed by atoms with Crippen molar-refractivity contribution < 1.29 is 14.3 Å². The van der Waals surface area contributed by atoms with E-state index in [2.05, 4.69) is 20.4 Å². The minimum Gasteiger partial charge on any atom is -0.453 e. The molecule has 132 valence electrons. The predicted molar refractivity (Wildman–Crippen MR) is 103 cm³/mol. The summed E-state index contributed by atoms with van der Waals surface area (Å²) in [6.45, 7) is 0. The fourth-order valence-electron chi connectivity index (χ4n) is 2.20. The number of hydrogen-bond acceptors (Lipinski definition) is 5. The molecule has 3 aromatic rings. The van der Waals surface area contributed by atoms with Gasteiger partial charge in [0.05, 0.1) is 17.7 Å². The normalized spacial score (nSPS) is 10.2. The minimum absolute atomic E-state index is 0.333. The number of aromatic nitrogens is 1. The Hall–Kier alpha value is -2.90. The van der Waals surface area contributed by atoms with E-state index in [1.54, 1.807) is 24.3 Å². The Kier molecular flexibility index (Phi) is 5.50. The van der Waals surface area contributed by atoms with Crippen LogP contribution >= 0.6 is 22.9 Å². The summed E-state index contributed by atoms with van der Waals surface area (Å²) < 4.78 is 4.64. The van der Waals surface area contributed by atoms with Crippen molar-refractivity contribution in [2.45, 2.75) is 0 Å². The van der Waals surface area contributed by atoms with Gasteiger partial charge in [0.25, 0.3) is 5.91 Å². The molecule has 1 aromatic heterocycles. The number of carbonyl (C=O) groups is 2. The molecule has 6 nitrogen and oxygen atoms in total. The molecule has 0 unspecified atom stereocenters. The molecule has 2 aromatic carbocycles. The average molecular weight is 388 g/mol. The van der Waals surface area contributed by atoms with E-state index in [4.69, 9.17) is 11.6 Å². The van der Waals surface area contributed by atoms with Crippen LogP contribution in [0.3, 0.4) is 0 Å². The van der Waals surface area contributed by atoms with Crippen molar-refractivity contribution in [3.8, 4) is 11.3 Å². The van der Waals surface area contributed by atoms with E-state index in [9.17, 15) is 9.59 Å². The molecule has 1 heterocycles. The minimum atomic E-state index is -0.616. The lowest BCUT2D eigenvalue weighted by atomic mass is 10.2. The molecule has 8 heteroatoms. The van der Waals surface area contributed by atoms with Crippen molar-refractivity contribution in [1.29, 1.82) is 0 Å². The smallest absolute Gasteiger partial charge is 0.412 e. The monoisotopic (exact) mass is 387 g/mol. The van der Waals surface area contributed by atoms with Crippen LogP contribution in [0, 0.1) is 0 Å². The first kappa shape index (κ1) is 17.9. The number of carbonyl (C=O) groups excluding carboxylic acids is 2. The molecule has 0 aliphatic rings. The van der Waals surface area contributed by atoms with Gasteiger partial charge in [-0.2, -0.15) is 0 Å². The van der Waals surface area contributed by atoms with E-state index in [1.165, 1.54) is 7.11 Å². The molecule has 3 rings (SSSR count). The Morgan fingerprint density at radius 1 is 1.04 bits per heavy atom. The van der Waals surface area contributed by atoms with E-state index in [1.807, 2.05) is 30.3 Å². The SMILES string of the molecule is COC(=O)Nc1sc(NC(=O)c2ccccc2Cl)nc1-c1ccccc1. The van der Waals surface area contributed by atoms with Crippen molar-refractivity contribution in [1.82, 2.24) is 4.98 Å². The molecule has 0 bridgehead atoms. The molecule has 0 fully saturated rings. The zero-order valence-electron chi connectivity index (χ0n) is 13.7. The first-order valence-electron chi connectivity index (χ1n) is 7.55. The lowest BCUT2D eigenvalue weighted by Gasteiger charge is -2.03. The molecule has 0 atom stereocenters.